The van der Waals surface area contributed by atoms with Gasteiger partial charge in [0.05, 0.1) is 30.6 Å². The third kappa shape index (κ3) is 3.62. The number of hydrogen-bond acceptors (Lipinski definition) is 7. The van der Waals surface area contributed by atoms with E-state index in [0.29, 0.717) is 43.6 Å². The molecular formula is C22H23N3O5S. The first-order valence-corrected chi connectivity index (χ1v) is 11.6. The summed E-state index contributed by atoms with van der Waals surface area (Å²) in [5, 5.41) is 4.15. The topological polar surface area (TPSA) is 94.8 Å². The molecule has 5 rings (SSSR count). The Morgan fingerprint density at radius 1 is 1.00 bits per heavy atom. The second-order valence-corrected chi connectivity index (χ2v) is 9.71. The summed E-state index contributed by atoms with van der Waals surface area (Å²) in [7, 11) is -1.89. The maximum absolute atomic E-state index is 12.8. The van der Waals surface area contributed by atoms with E-state index in [9.17, 15) is 8.42 Å². The third-order valence-corrected chi connectivity index (χ3v) is 7.86. The molecule has 0 amide bonds. The molecule has 2 aliphatic rings. The molecule has 0 N–H and O–H groups in total. The van der Waals surface area contributed by atoms with Crippen LogP contribution in [0.15, 0.2) is 57.9 Å². The van der Waals surface area contributed by atoms with Crippen LogP contribution >= 0.6 is 0 Å². The highest BCUT2D eigenvalue weighted by atomic mass is 32.2. The highest BCUT2D eigenvalue weighted by Crippen LogP contribution is 2.53. The third-order valence-electron chi connectivity index (χ3n) is 5.95. The van der Waals surface area contributed by atoms with Crippen molar-refractivity contribution < 1.29 is 22.4 Å². The van der Waals surface area contributed by atoms with Crippen LogP contribution in [0, 0.1) is 0 Å². The van der Waals surface area contributed by atoms with Crippen molar-refractivity contribution in [2.24, 2.45) is 0 Å². The first-order valence-electron chi connectivity index (χ1n) is 10.2. The summed E-state index contributed by atoms with van der Waals surface area (Å²) in [5.41, 5.74) is 1.58. The van der Waals surface area contributed by atoms with Crippen LogP contribution < -0.4 is 4.74 Å². The molecule has 0 unspecified atom stereocenters. The zero-order chi connectivity index (χ0) is 21.5. The maximum atomic E-state index is 12.8. The van der Waals surface area contributed by atoms with E-state index in [1.807, 2.05) is 24.3 Å². The van der Waals surface area contributed by atoms with Crippen molar-refractivity contribution in [3.63, 3.8) is 0 Å². The van der Waals surface area contributed by atoms with Crippen LogP contribution in [0.5, 0.6) is 5.75 Å². The van der Waals surface area contributed by atoms with Crippen LogP contribution in [0.3, 0.4) is 0 Å². The Bertz CT molecular complexity index is 1160. The van der Waals surface area contributed by atoms with Gasteiger partial charge in [0.25, 0.3) is 0 Å². The second kappa shape index (κ2) is 7.74. The minimum absolute atomic E-state index is 0.249. The van der Waals surface area contributed by atoms with Gasteiger partial charge in [-0.15, -0.1) is 0 Å². The Hall–Kier alpha value is -2.75. The summed E-state index contributed by atoms with van der Waals surface area (Å²) in [6, 6.07) is 14.5. The van der Waals surface area contributed by atoms with Crippen LogP contribution in [-0.4, -0.2) is 56.3 Å². The number of methoxy groups -OCH3 is 1. The molecule has 1 saturated carbocycles. The van der Waals surface area contributed by atoms with E-state index in [1.54, 1.807) is 31.4 Å². The standard InChI is InChI=1S/C22H23N3O5S/c1-28-18-6-4-17(5-7-18)22(10-11-22)21-23-20(24-30-21)16-2-8-19(9-3-16)31(26,27)25-12-14-29-15-13-25/h2-9H,10-15H2,1H3. The Morgan fingerprint density at radius 2 is 1.68 bits per heavy atom. The van der Waals surface area contributed by atoms with Crippen LogP contribution in [0.4, 0.5) is 0 Å². The molecule has 1 aliphatic carbocycles. The largest absolute Gasteiger partial charge is 0.497 e. The highest BCUT2D eigenvalue weighted by Gasteiger charge is 2.51. The van der Waals surface area contributed by atoms with Crippen molar-refractivity contribution in [1.29, 1.82) is 0 Å². The van der Waals surface area contributed by atoms with E-state index in [2.05, 4.69) is 10.1 Å². The van der Waals surface area contributed by atoms with Crippen molar-refractivity contribution in [3.05, 3.63) is 60.0 Å². The van der Waals surface area contributed by atoms with Crippen LogP contribution in [0.1, 0.15) is 24.3 Å². The van der Waals surface area contributed by atoms with Gasteiger partial charge in [0.2, 0.25) is 21.7 Å². The predicted octanol–water partition coefficient (Wildman–Crippen LogP) is 2.85. The van der Waals surface area contributed by atoms with Gasteiger partial charge in [0.15, 0.2) is 0 Å². The molecule has 0 atom stereocenters. The van der Waals surface area contributed by atoms with Crippen molar-refractivity contribution in [3.8, 4) is 17.1 Å². The van der Waals surface area contributed by atoms with E-state index in [1.165, 1.54) is 4.31 Å². The molecule has 3 aromatic rings. The number of hydrogen-bond donors (Lipinski definition) is 0. The van der Waals surface area contributed by atoms with Crippen molar-refractivity contribution in [2.45, 2.75) is 23.2 Å². The van der Waals surface area contributed by atoms with Gasteiger partial charge in [-0.1, -0.05) is 17.3 Å². The summed E-state index contributed by atoms with van der Waals surface area (Å²) >= 11 is 0. The van der Waals surface area contributed by atoms with Crippen LogP contribution in [0.2, 0.25) is 0 Å². The number of sulfonamides is 1. The molecular weight excluding hydrogens is 418 g/mol. The minimum Gasteiger partial charge on any atom is -0.497 e. The Balaban J connectivity index is 1.37. The molecule has 8 nitrogen and oxygen atoms in total. The van der Waals surface area contributed by atoms with Crippen molar-refractivity contribution in [2.75, 3.05) is 33.4 Å². The van der Waals surface area contributed by atoms with Gasteiger partial charge >= 0.3 is 0 Å². The van der Waals surface area contributed by atoms with E-state index >= 15 is 0 Å². The highest BCUT2D eigenvalue weighted by molar-refractivity contribution is 7.89. The molecule has 0 bridgehead atoms. The lowest BCUT2D eigenvalue weighted by atomic mass is 9.96. The lowest BCUT2D eigenvalue weighted by Gasteiger charge is -2.26. The van der Waals surface area contributed by atoms with E-state index in [0.717, 1.165) is 24.2 Å². The summed E-state index contributed by atoms with van der Waals surface area (Å²) in [5.74, 6) is 1.83. The average Bonchev–Trinajstić information content (AvgIpc) is 3.48. The molecule has 9 heteroatoms. The van der Waals surface area contributed by atoms with Gasteiger partial charge in [-0.3, -0.25) is 0 Å². The molecule has 2 heterocycles. The fourth-order valence-electron chi connectivity index (χ4n) is 3.91. The molecule has 31 heavy (non-hydrogen) atoms. The SMILES string of the molecule is COc1ccc(C2(c3nc(-c4ccc(S(=O)(=O)N5CCOCC5)cc4)no3)CC2)cc1. The number of ether oxygens (including phenoxy) is 2. The minimum atomic E-state index is -3.53. The van der Waals surface area contributed by atoms with Gasteiger partial charge in [-0.2, -0.15) is 9.29 Å². The summed E-state index contributed by atoms with van der Waals surface area (Å²) in [4.78, 5) is 4.88. The quantitative estimate of drug-likeness (QED) is 0.580. The first-order chi connectivity index (χ1) is 15.0. The normalized spacial score (nSPS) is 18.6. The van der Waals surface area contributed by atoms with Gasteiger partial charge < -0.3 is 14.0 Å². The van der Waals surface area contributed by atoms with Crippen molar-refractivity contribution in [1.82, 2.24) is 14.4 Å². The van der Waals surface area contributed by atoms with Crippen LogP contribution in [0.25, 0.3) is 11.4 Å². The number of nitrogens with zero attached hydrogens (tertiary/aromatic N) is 3. The fourth-order valence-corrected chi connectivity index (χ4v) is 5.32. The van der Waals surface area contributed by atoms with E-state index in [4.69, 9.17) is 14.0 Å². The van der Waals surface area contributed by atoms with Crippen molar-refractivity contribution >= 4 is 10.0 Å². The summed E-state index contributed by atoms with van der Waals surface area (Å²) in [6.07, 6.45) is 1.88. The van der Waals surface area contributed by atoms with Gasteiger partial charge in [0, 0.05) is 18.7 Å². The monoisotopic (exact) mass is 441 g/mol. The Kier molecular flexibility index (Phi) is 5.04. The molecule has 162 valence electrons. The van der Waals surface area contributed by atoms with E-state index < -0.39 is 10.0 Å². The lowest BCUT2D eigenvalue weighted by molar-refractivity contribution is 0.0730. The number of morpholine rings is 1. The van der Waals surface area contributed by atoms with Gasteiger partial charge in [-0.25, -0.2) is 8.42 Å². The Labute approximate surface area is 180 Å². The molecule has 1 aromatic heterocycles. The average molecular weight is 442 g/mol. The smallest absolute Gasteiger partial charge is 0.243 e. The summed E-state index contributed by atoms with van der Waals surface area (Å²) < 4.78 is 43.1. The molecule has 2 fully saturated rings. The number of benzene rings is 2. The summed E-state index contributed by atoms with van der Waals surface area (Å²) in [6.45, 7) is 1.56. The number of rotatable bonds is 6. The van der Waals surface area contributed by atoms with Crippen LogP contribution in [-0.2, 0) is 20.2 Å². The van der Waals surface area contributed by atoms with E-state index in [-0.39, 0.29) is 10.3 Å². The van der Waals surface area contributed by atoms with Gasteiger partial charge in [0.1, 0.15) is 5.75 Å². The van der Waals surface area contributed by atoms with Gasteiger partial charge in [-0.05, 0) is 54.8 Å². The molecule has 0 spiro atoms. The number of aromatic nitrogens is 2. The second-order valence-electron chi connectivity index (χ2n) is 7.77. The zero-order valence-corrected chi connectivity index (χ0v) is 18.0. The first kappa shape index (κ1) is 20.2. The molecule has 1 saturated heterocycles. The molecule has 1 aliphatic heterocycles. The maximum Gasteiger partial charge on any atom is 0.243 e. The molecule has 2 aromatic carbocycles. The predicted molar refractivity (Wildman–Crippen MR) is 112 cm³/mol. The zero-order valence-electron chi connectivity index (χ0n) is 17.2. The molecule has 0 radical (unpaired) electrons. The lowest BCUT2D eigenvalue weighted by Crippen LogP contribution is -2.40. The Morgan fingerprint density at radius 3 is 2.29 bits per heavy atom. The fraction of sp³-hybridized carbons (Fsp3) is 0.364.